The summed E-state index contributed by atoms with van der Waals surface area (Å²) < 4.78 is 1.64. The highest BCUT2D eigenvalue weighted by Gasteiger charge is 2.24. The highest BCUT2D eigenvalue weighted by atomic mass is 79.9. The molecule has 0 saturated heterocycles. The first-order valence-electron chi connectivity index (χ1n) is 9.05. The maximum Gasteiger partial charge on any atom is 0.411 e. The van der Waals surface area contributed by atoms with Gasteiger partial charge in [-0.05, 0) is 52.7 Å². The molecule has 2 amide bonds. The van der Waals surface area contributed by atoms with Crippen LogP contribution in [0.5, 0.6) is 0 Å². The molecule has 9 nitrogen and oxygen atoms in total. The van der Waals surface area contributed by atoms with E-state index < -0.39 is 12.0 Å². The van der Waals surface area contributed by atoms with Crippen LogP contribution in [0.3, 0.4) is 0 Å². The number of carbonyl (C=O) groups excluding carboxylic acids is 1. The number of carboxylic acid groups (broad SMARTS) is 1. The number of nitriles is 1. The lowest BCUT2D eigenvalue weighted by Gasteiger charge is -2.23. The molecule has 2 heterocycles. The predicted molar refractivity (Wildman–Crippen MR) is 124 cm³/mol. The largest absolute Gasteiger partial charge is 0.465 e. The summed E-state index contributed by atoms with van der Waals surface area (Å²) in [5, 5.41) is 26.2. The predicted octanol–water partition coefficient (Wildman–Crippen LogP) is 4.84. The summed E-state index contributed by atoms with van der Waals surface area (Å²) in [5.74, 6) is -0.320. The Morgan fingerprint density at radius 2 is 2.12 bits per heavy atom. The number of amides is 2. The molecule has 2 N–H and O–H groups in total. The molecule has 0 atom stereocenters. The Bertz CT molecular complexity index is 1240. The lowest BCUT2D eigenvalue weighted by molar-refractivity contribution is 0.101. The minimum absolute atomic E-state index is 0.0212. The monoisotopic (exact) mass is 536 g/mol. The molecular formula is C20H15BrCl2N6O3. The average Bonchev–Trinajstić information content (AvgIpc) is 3.15. The third-order valence-corrected chi connectivity index (χ3v) is 5.22. The van der Waals surface area contributed by atoms with E-state index in [9.17, 15) is 20.0 Å². The first-order chi connectivity index (χ1) is 15.3. The lowest BCUT2D eigenvalue weighted by Crippen LogP contribution is -2.32. The number of anilines is 2. The van der Waals surface area contributed by atoms with Gasteiger partial charge in [-0.3, -0.25) is 9.69 Å². The summed E-state index contributed by atoms with van der Waals surface area (Å²) in [6, 6.07) is 9.65. The number of hydrogen-bond donors (Lipinski definition) is 2. The van der Waals surface area contributed by atoms with Crippen molar-refractivity contribution in [3.8, 4) is 11.9 Å². The fraction of sp³-hybridized carbons (Fsp3) is 0.150. The topological polar surface area (TPSA) is 124 Å². The lowest BCUT2D eigenvalue weighted by atomic mass is 10.1. The number of hydrogen-bond acceptors (Lipinski definition) is 5. The Balaban J connectivity index is 2.09. The van der Waals surface area contributed by atoms with Crippen molar-refractivity contribution in [3.63, 3.8) is 0 Å². The molecule has 0 radical (unpaired) electrons. The van der Waals surface area contributed by atoms with Gasteiger partial charge in [0.25, 0.3) is 5.91 Å². The number of carbonyl (C=O) groups is 2. The van der Waals surface area contributed by atoms with E-state index in [0.29, 0.717) is 10.2 Å². The van der Waals surface area contributed by atoms with E-state index in [-0.39, 0.29) is 45.9 Å². The molecule has 0 aliphatic heterocycles. The van der Waals surface area contributed by atoms with E-state index >= 15 is 0 Å². The van der Waals surface area contributed by atoms with Crippen LogP contribution in [0.4, 0.5) is 16.2 Å². The molecule has 3 rings (SSSR count). The minimum atomic E-state index is -1.27. The van der Waals surface area contributed by atoms with Crippen molar-refractivity contribution in [3.05, 3.63) is 63.0 Å². The molecule has 2 aromatic heterocycles. The van der Waals surface area contributed by atoms with Crippen LogP contribution in [0, 0.1) is 18.3 Å². The smallest absolute Gasteiger partial charge is 0.411 e. The second kappa shape index (κ2) is 9.99. The summed E-state index contributed by atoms with van der Waals surface area (Å²) in [6.45, 7) is 1.62. The number of benzene rings is 1. The number of aromatic nitrogens is 3. The fourth-order valence-electron chi connectivity index (χ4n) is 3.00. The van der Waals surface area contributed by atoms with Gasteiger partial charge in [-0.1, -0.05) is 11.6 Å². The van der Waals surface area contributed by atoms with E-state index in [1.807, 2.05) is 6.07 Å². The molecule has 1 aromatic carbocycles. The van der Waals surface area contributed by atoms with Crippen molar-refractivity contribution in [2.24, 2.45) is 0 Å². The van der Waals surface area contributed by atoms with Gasteiger partial charge in [0.05, 0.1) is 28.0 Å². The third kappa shape index (κ3) is 4.85. The zero-order chi connectivity index (χ0) is 23.4. The van der Waals surface area contributed by atoms with E-state index in [1.165, 1.54) is 23.0 Å². The first kappa shape index (κ1) is 23.5. The van der Waals surface area contributed by atoms with Crippen molar-refractivity contribution >= 4 is 62.5 Å². The van der Waals surface area contributed by atoms with Gasteiger partial charge in [-0.2, -0.15) is 10.4 Å². The Kier molecular flexibility index (Phi) is 7.35. The van der Waals surface area contributed by atoms with E-state index in [1.54, 1.807) is 25.1 Å². The molecule has 0 aliphatic rings. The molecule has 0 saturated carbocycles. The maximum absolute atomic E-state index is 13.2. The second-order valence-electron chi connectivity index (χ2n) is 6.45. The van der Waals surface area contributed by atoms with Crippen LogP contribution in [-0.4, -0.2) is 44.3 Å². The van der Waals surface area contributed by atoms with Crippen LogP contribution in [0.15, 0.2) is 41.1 Å². The van der Waals surface area contributed by atoms with Crippen molar-refractivity contribution in [2.75, 3.05) is 22.6 Å². The SMILES string of the molecule is Cc1cc(C#N)cc(N(CCCl)C(=O)O)c1NC(=O)c1cc(Br)nn1-c1ncccc1Cl. The van der Waals surface area contributed by atoms with E-state index in [2.05, 4.69) is 31.3 Å². The van der Waals surface area contributed by atoms with E-state index in [0.717, 1.165) is 4.90 Å². The van der Waals surface area contributed by atoms with Crippen molar-refractivity contribution < 1.29 is 14.7 Å². The fourth-order valence-corrected chi connectivity index (χ4v) is 3.74. The number of nitrogens with one attached hydrogen (secondary N) is 1. The van der Waals surface area contributed by atoms with Gasteiger partial charge >= 0.3 is 6.09 Å². The molecule has 12 heteroatoms. The van der Waals surface area contributed by atoms with Gasteiger partial charge in [0.2, 0.25) is 0 Å². The number of aryl methyl sites for hydroxylation is 1. The number of alkyl halides is 1. The van der Waals surface area contributed by atoms with E-state index in [4.69, 9.17) is 23.2 Å². The van der Waals surface area contributed by atoms with Gasteiger partial charge in [0.15, 0.2) is 5.82 Å². The Labute approximate surface area is 201 Å². The second-order valence-corrected chi connectivity index (χ2v) is 8.05. The number of rotatable bonds is 6. The first-order valence-corrected chi connectivity index (χ1v) is 10.8. The summed E-state index contributed by atoms with van der Waals surface area (Å²) in [4.78, 5) is 30.2. The standard InChI is InChI=1S/C20H15BrCl2N6O3/c1-11-7-12(10-24)8-14(28(6-4-22)20(31)32)17(11)26-19(30)15-9-16(21)27-29(15)18-13(23)3-2-5-25-18/h2-3,5,7-9H,4,6H2,1H3,(H,26,30)(H,31,32). The zero-order valence-corrected chi connectivity index (χ0v) is 19.6. The summed E-state index contributed by atoms with van der Waals surface area (Å²) in [5.41, 5.74) is 1.19. The highest BCUT2D eigenvalue weighted by molar-refractivity contribution is 9.10. The molecule has 0 fully saturated rings. The molecule has 3 aromatic rings. The number of pyridine rings is 1. The van der Waals surface area contributed by atoms with Crippen LogP contribution in [0.25, 0.3) is 5.82 Å². The zero-order valence-electron chi connectivity index (χ0n) is 16.5. The summed E-state index contributed by atoms with van der Waals surface area (Å²) in [7, 11) is 0. The van der Waals surface area contributed by atoms with Crippen molar-refractivity contribution in [1.82, 2.24) is 14.8 Å². The molecule has 0 bridgehead atoms. The maximum atomic E-state index is 13.2. The van der Waals surface area contributed by atoms with Gasteiger partial charge in [-0.15, -0.1) is 11.6 Å². The Morgan fingerprint density at radius 3 is 2.75 bits per heavy atom. The van der Waals surface area contributed by atoms with Gasteiger partial charge < -0.3 is 10.4 Å². The minimum Gasteiger partial charge on any atom is -0.465 e. The van der Waals surface area contributed by atoms with Gasteiger partial charge in [0, 0.05) is 24.7 Å². The summed E-state index contributed by atoms with van der Waals surface area (Å²) >= 11 is 15.2. The van der Waals surface area contributed by atoms with Gasteiger partial charge in [-0.25, -0.2) is 14.5 Å². The van der Waals surface area contributed by atoms with Gasteiger partial charge in [0.1, 0.15) is 10.3 Å². The quantitative estimate of drug-likeness (QED) is 0.433. The van der Waals surface area contributed by atoms with Crippen molar-refractivity contribution in [1.29, 1.82) is 5.26 Å². The molecule has 0 aliphatic carbocycles. The Morgan fingerprint density at radius 1 is 1.38 bits per heavy atom. The molecule has 0 unspecified atom stereocenters. The Hall–Kier alpha value is -3.13. The summed E-state index contributed by atoms with van der Waals surface area (Å²) in [6.07, 6.45) is 0.238. The van der Waals surface area contributed by atoms with Crippen LogP contribution >= 0.6 is 39.1 Å². The average molecular weight is 538 g/mol. The molecule has 164 valence electrons. The highest BCUT2D eigenvalue weighted by Crippen LogP contribution is 2.32. The molecule has 32 heavy (non-hydrogen) atoms. The van der Waals surface area contributed by atoms with Crippen LogP contribution in [0.2, 0.25) is 5.02 Å². The normalized spacial score (nSPS) is 10.5. The third-order valence-electron chi connectivity index (χ3n) is 4.36. The molecule has 0 spiro atoms. The van der Waals surface area contributed by atoms with Crippen molar-refractivity contribution in [2.45, 2.75) is 6.92 Å². The molecular weight excluding hydrogens is 523 g/mol. The van der Waals surface area contributed by atoms with Crippen LogP contribution in [0.1, 0.15) is 21.6 Å². The number of nitrogens with zero attached hydrogens (tertiary/aromatic N) is 5. The van der Waals surface area contributed by atoms with Crippen LogP contribution in [-0.2, 0) is 0 Å². The van der Waals surface area contributed by atoms with Crippen LogP contribution < -0.4 is 10.2 Å². The number of halogens is 3.